The first-order valence-corrected chi connectivity index (χ1v) is 11.3. The Bertz CT molecular complexity index is 749. The van der Waals surface area contributed by atoms with E-state index in [9.17, 15) is 24.9 Å². The maximum atomic E-state index is 11.8. The van der Waals surface area contributed by atoms with Crippen molar-refractivity contribution >= 4 is 39.5 Å². The smallest absolute Gasteiger partial charge is 0.241 e. The summed E-state index contributed by atoms with van der Waals surface area (Å²) in [6.07, 6.45) is 7.17. The molecule has 160 valence electrons. The molecule has 1 saturated carbocycles. The minimum Gasteiger partial charge on any atom is -0.393 e. The van der Waals surface area contributed by atoms with Gasteiger partial charge in [0, 0.05) is 22.6 Å². The van der Waals surface area contributed by atoms with E-state index < -0.39 is 35.6 Å². The molecule has 1 aromatic rings. The van der Waals surface area contributed by atoms with Gasteiger partial charge in [0.1, 0.15) is 6.29 Å². The summed E-state index contributed by atoms with van der Waals surface area (Å²) < 4.78 is 1.04. The SMILES string of the molecule is NC(=O)/C=C\CC[C@@H](C=O)[C@]1(/C=C/C(O)CCc2ccc(Br)s2)C[C@@H](O)C[C@@H]1O. The fourth-order valence-corrected chi connectivity index (χ4v) is 5.41. The van der Waals surface area contributed by atoms with Crippen molar-refractivity contribution in [1.82, 2.24) is 0 Å². The van der Waals surface area contributed by atoms with Crippen molar-refractivity contribution in [2.45, 2.75) is 56.8 Å². The number of rotatable bonds is 11. The number of allylic oxidation sites excluding steroid dienone is 1. The number of thiophene rings is 1. The van der Waals surface area contributed by atoms with E-state index in [2.05, 4.69) is 15.9 Å². The van der Waals surface area contributed by atoms with Crippen LogP contribution in [0.1, 0.15) is 37.0 Å². The average molecular weight is 486 g/mol. The van der Waals surface area contributed by atoms with Gasteiger partial charge in [0.15, 0.2) is 0 Å². The molecule has 0 spiro atoms. The Morgan fingerprint density at radius 2 is 2.14 bits per heavy atom. The Morgan fingerprint density at radius 3 is 2.69 bits per heavy atom. The zero-order valence-electron chi connectivity index (χ0n) is 16.1. The van der Waals surface area contributed by atoms with Gasteiger partial charge in [-0.15, -0.1) is 11.3 Å². The molecule has 8 heteroatoms. The summed E-state index contributed by atoms with van der Waals surface area (Å²) in [5, 5.41) is 31.1. The second-order valence-corrected chi connectivity index (χ2v) is 10.1. The van der Waals surface area contributed by atoms with Gasteiger partial charge in [0.05, 0.1) is 22.1 Å². The molecule has 0 aromatic carbocycles. The van der Waals surface area contributed by atoms with Crippen molar-refractivity contribution in [2.24, 2.45) is 17.1 Å². The van der Waals surface area contributed by atoms with Crippen molar-refractivity contribution in [3.05, 3.63) is 45.1 Å². The molecule has 1 fully saturated rings. The Kier molecular flexibility index (Phi) is 9.23. The Balaban J connectivity index is 2.08. The zero-order chi connectivity index (χ0) is 21.4. The third kappa shape index (κ3) is 6.86. The molecular formula is C21H28BrNO5S. The summed E-state index contributed by atoms with van der Waals surface area (Å²) in [5.41, 5.74) is 4.14. The summed E-state index contributed by atoms with van der Waals surface area (Å²) in [4.78, 5) is 23.8. The van der Waals surface area contributed by atoms with Crippen LogP contribution < -0.4 is 5.73 Å². The highest BCUT2D eigenvalue weighted by atomic mass is 79.9. The molecule has 5 atom stereocenters. The van der Waals surface area contributed by atoms with E-state index >= 15 is 0 Å². The Hall–Kier alpha value is -1.32. The van der Waals surface area contributed by atoms with Gasteiger partial charge in [-0.1, -0.05) is 18.2 Å². The second-order valence-electron chi connectivity index (χ2n) is 7.52. The fourth-order valence-electron chi connectivity index (χ4n) is 3.91. The maximum Gasteiger partial charge on any atom is 0.241 e. The highest BCUT2D eigenvalue weighted by Crippen LogP contribution is 2.47. The lowest BCUT2D eigenvalue weighted by Gasteiger charge is -2.35. The molecule has 1 aromatic heterocycles. The van der Waals surface area contributed by atoms with Crippen LogP contribution in [0.25, 0.3) is 0 Å². The lowest BCUT2D eigenvalue weighted by molar-refractivity contribution is -0.116. The van der Waals surface area contributed by atoms with Gasteiger partial charge in [-0.2, -0.15) is 0 Å². The number of halogens is 1. The summed E-state index contributed by atoms with van der Waals surface area (Å²) in [5.74, 6) is -1.11. The molecule has 6 nitrogen and oxygen atoms in total. The monoisotopic (exact) mass is 485 g/mol. The van der Waals surface area contributed by atoms with Crippen molar-refractivity contribution in [2.75, 3.05) is 0 Å². The number of aryl methyl sites for hydroxylation is 1. The third-order valence-electron chi connectivity index (χ3n) is 5.43. The zero-order valence-corrected chi connectivity index (χ0v) is 18.5. The van der Waals surface area contributed by atoms with Gasteiger partial charge in [-0.05, 0) is 66.2 Å². The molecule has 0 bridgehead atoms. The van der Waals surface area contributed by atoms with Gasteiger partial charge in [0.25, 0.3) is 0 Å². The molecule has 0 radical (unpaired) electrons. The van der Waals surface area contributed by atoms with E-state index in [0.29, 0.717) is 19.3 Å². The van der Waals surface area contributed by atoms with Crippen LogP contribution in [-0.2, 0) is 16.0 Å². The van der Waals surface area contributed by atoms with E-state index in [0.717, 1.165) is 21.4 Å². The van der Waals surface area contributed by atoms with Gasteiger partial charge in [-0.25, -0.2) is 0 Å². The van der Waals surface area contributed by atoms with Crippen LogP contribution in [0.3, 0.4) is 0 Å². The van der Waals surface area contributed by atoms with Gasteiger partial charge in [-0.3, -0.25) is 4.79 Å². The van der Waals surface area contributed by atoms with E-state index in [1.165, 1.54) is 6.08 Å². The molecule has 1 heterocycles. The number of nitrogens with two attached hydrogens (primary N) is 1. The maximum absolute atomic E-state index is 11.8. The number of carbonyl (C=O) groups is 2. The van der Waals surface area contributed by atoms with Gasteiger partial charge >= 0.3 is 0 Å². The average Bonchev–Trinajstić information content (AvgIpc) is 3.20. The first-order valence-electron chi connectivity index (χ1n) is 9.66. The summed E-state index contributed by atoms with van der Waals surface area (Å²) in [6, 6.07) is 3.97. The largest absolute Gasteiger partial charge is 0.393 e. The van der Waals surface area contributed by atoms with E-state index in [1.807, 2.05) is 12.1 Å². The topological polar surface area (TPSA) is 121 Å². The number of aldehydes is 1. The molecule has 0 aliphatic heterocycles. The lowest BCUT2D eigenvalue weighted by Crippen LogP contribution is -2.37. The highest BCUT2D eigenvalue weighted by molar-refractivity contribution is 9.11. The Labute approximate surface area is 183 Å². The van der Waals surface area contributed by atoms with Crippen molar-refractivity contribution < 1.29 is 24.9 Å². The lowest BCUT2D eigenvalue weighted by atomic mass is 9.70. The summed E-state index contributed by atoms with van der Waals surface area (Å²) in [6.45, 7) is 0. The highest BCUT2D eigenvalue weighted by Gasteiger charge is 2.49. The van der Waals surface area contributed by atoms with Crippen molar-refractivity contribution in [1.29, 1.82) is 0 Å². The minimum absolute atomic E-state index is 0.186. The molecule has 0 saturated heterocycles. The van der Waals surface area contributed by atoms with Crippen LogP contribution in [0.15, 0.2) is 40.2 Å². The van der Waals surface area contributed by atoms with Gasteiger partial charge in [0.2, 0.25) is 5.91 Å². The summed E-state index contributed by atoms with van der Waals surface area (Å²) >= 11 is 5.04. The molecule has 1 unspecified atom stereocenters. The first kappa shape index (κ1) is 24.0. The number of hydrogen-bond acceptors (Lipinski definition) is 6. The molecular weight excluding hydrogens is 458 g/mol. The third-order valence-corrected chi connectivity index (χ3v) is 7.11. The van der Waals surface area contributed by atoms with Crippen molar-refractivity contribution in [3.63, 3.8) is 0 Å². The minimum atomic E-state index is -0.936. The molecule has 29 heavy (non-hydrogen) atoms. The van der Waals surface area contributed by atoms with E-state index in [1.54, 1.807) is 29.6 Å². The second kappa shape index (κ2) is 11.2. The van der Waals surface area contributed by atoms with Gasteiger partial charge < -0.3 is 25.8 Å². The summed E-state index contributed by atoms with van der Waals surface area (Å²) in [7, 11) is 0. The van der Waals surface area contributed by atoms with Crippen LogP contribution in [0.5, 0.6) is 0 Å². The molecule has 1 aliphatic carbocycles. The van der Waals surface area contributed by atoms with Crippen molar-refractivity contribution in [3.8, 4) is 0 Å². The normalized spacial score (nSPS) is 26.9. The number of hydrogen-bond donors (Lipinski definition) is 4. The molecule has 5 N–H and O–H groups in total. The molecule has 1 amide bonds. The molecule has 1 aliphatic rings. The van der Waals surface area contributed by atoms with Crippen LogP contribution in [0.2, 0.25) is 0 Å². The van der Waals surface area contributed by atoms with Crippen LogP contribution in [0, 0.1) is 11.3 Å². The van der Waals surface area contributed by atoms with Crippen LogP contribution in [0.4, 0.5) is 0 Å². The fraction of sp³-hybridized carbons (Fsp3) is 0.524. The van der Waals surface area contributed by atoms with E-state index in [-0.39, 0.29) is 12.8 Å². The predicted octanol–water partition coefficient (Wildman–Crippen LogP) is 2.50. The molecule has 2 rings (SSSR count). The number of primary amides is 1. The standard InChI is InChI=1S/C21H28BrNO5S/c22-19-8-7-17(29-19)6-5-15(25)9-10-21(12-16(26)11-18(21)27)14(13-24)3-1-2-4-20(23)28/h2,4,7-10,13-16,18,25-27H,1,3,5-6,11-12H2,(H2,23,28)/b4-2-,10-9+/t14-,15?,16-,18-,21-/m0/s1. The number of amides is 1. The predicted molar refractivity (Wildman–Crippen MR) is 116 cm³/mol. The first-order chi connectivity index (χ1) is 13.8. The van der Waals surface area contributed by atoms with Crippen LogP contribution in [-0.4, -0.2) is 45.8 Å². The van der Waals surface area contributed by atoms with Crippen LogP contribution >= 0.6 is 27.3 Å². The Morgan fingerprint density at radius 1 is 1.38 bits per heavy atom. The quantitative estimate of drug-likeness (QED) is 0.218. The number of aliphatic hydroxyl groups is 3. The number of carbonyl (C=O) groups excluding carboxylic acids is 2. The van der Waals surface area contributed by atoms with E-state index in [4.69, 9.17) is 5.73 Å². The number of aliphatic hydroxyl groups excluding tert-OH is 3.